The predicted octanol–water partition coefficient (Wildman–Crippen LogP) is 3.25. The van der Waals surface area contributed by atoms with E-state index in [1.807, 2.05) is 18.2 Å². The zero-order valence-electron chi connectivity index (χ0n) is 7.00. The second kappa shape index (κ2) is 3.20. The number of hydrogen-bond donors (Lipinski definition) is 1. The fourth-order valence-electron chi connectivity index (χ4n) is 1.16. The van der Waals surface area contributed by atoms with Gasteiger partial charge in [-0.25, -0.2) is 0 Å². The molecule has 0 aliphatic rings. The lowest BCUT2D eigenvalue weighted by Crippen LogP contribution is -1.84. The summed E-state index contributed by atoms with van der Waals surface area (Å²) in [7, 11) is 1.67. The first-order valence-electron chi connectivity index (χ1n) is 3.74. The molecule has 0 aliphatic heterocycles. The van der Waals surface area contributed by atoms with Crippen LogP contribution in [0.2, 0.25) is 0 Å². The van der Waals surface area contributed by atoms with Crippen molar-refractivity contribution in [3.05, 3.63) is 22.7 Å². The van der Waals surface area contributed by atoms with E-state index in [0.29, 0.717) is 0 Å². The molecule has 0 aliphatic carbocycles. The molecule has 2 aromatic rings. The Bertz CT molecular complexity index is 452. The van der Waals surface area contributed by atoms with Crippen LogP contribution in [0.4, 0.5) is 5.69 Å². The minimum Gasteiger partial charge on any atom is -0.487 e. The Morgan fingerprint density at radius 1 is 1.46 bits per heavy atom. The van der Waals surface area contributed by atoms with E-state index in [2.05, 4.69) is 15.9 Å². The van der Waals surface area contributed by atoms with Crippen molar-refractivity contribution >= 4 is 43.0 Å². The molecule has 2 rings (SSSR count). The van der Waals surface area contributed by atoms with Gasteiger partial charge in [0.15, 0.2) is 5.06 Å². The highest BCUT2D eigenvalue weighted by Crippen LogP contribution is 2.38. The van der Waals surface area contributed by atoms with E-state index in [1.165, 1.54) is 0 Å². The van der Waals surface area contributed by atoms with E-state index < -0.39 is 0 Å². The average molecular weight is 258 g/mol. The number of hydrogen-bond acceptors (Lipinski definition) is 3. The zero-order chi connectivity index (χ0) is 9.42. The molecule has 0 spiro atoms. The Morgan fingerprint density at radius 2 is 2.23 bits per heavy atom. The molecule has 2 N–H and O–H groups in total. The van der Waals surface area contributed by atoms with Crippen molar-refractivity contribution in [2.75, 3.05) is 12.8 Å². The Kier molecular flexibility index (Phi) is 2.17. The van der Waals surface area contributed by atoms with Gasteiger partial charge in [-0.15, -0.1) is 0 Å². The molecule has 1 heterocycles. The molecule has 0 fully saturated rings. The molecule has 0 unspecified atom stereocenters. The van der Waals surface area contributed by atoms with Crippen LogP contribution in [0.15, 0.2) is 22.7 Å². The lowest BCUT2D eigenvalue weighted by molar-refractivity contribution is 0.427. The molecule has 1 aromatic heterocycles. The standard InChI is InChI=1S/C9H8BrNOS/c1-12-7-4-5-2-3-6(11)8(10)9(5)13-7/h2-4H,11H2,1H3. The number of ether oxygens (including phenoxy) is 1. The molecule has 0 saturated carbocycles. The van der Waals surface area contributed by atoms with Gasteiger partial charge in [-0.2, -0.15) is 0 Å². The molecule has 0 radical (unpaired) electrons. The van der Waals surface area contributed by atoms with Crippen molar-refractivity contribution in [1.82, 2.24) is 0 Å². The smallest absolute Gasteiger partial charge is 0.174 e. The van der Waals surface area contributed by atoms with Crippen LogP contribution in [0.5, 0.6) is 5.06 Å². The monoisotopic (exact) mass is 257 g/mol. The summed E-state index contributed by atoms with van der Waals surface area (Å²) >= 11 is 5.04. The minimum absolute atomic E-state index is 0.761. The van der Waals surface area contributed by atoms with E-state index in [9.17, 15) is 0 Å². The molecule has 68 valence electrons. The molecular formula is C9H8BrNOS. The molecule has 2 nitrogen and oxygen atoms in total. The lowest BCUT2D eigenvalue weighted by atomic mass is 10.2. The van der Waals surface area contributed by atoms with Crippen LogP contribution in [-0.4, -0.2) is 7.11 Å². The van der Waals surface area contributed by atoms with Gasteiger partial charge >= 0.3 is 0 Å². The molecule has 4 heteroatoms. The topological polar surface area (TPSA) is 35.2 Å². The second-order valence-electron chi connectivity index (χ2n) is 2.66. The third kappa shape index (κ3) is 1.40. The number of thiophene rings is 1. The van der Waals surface area contributed by atoms with Crippen LogP contribution < -0.4 is 10.5 Å². The number of benzene rings is 1. The highest BCUT2D eigenvalue weighted by atomic mass is 79.9. The Hall–Kier alpha value is -0.740. The highest BCUT2D eigenvalue weighted by molar-refractivity contribution is 9.10. The third-order valence-corrected chi connectivity index (χ3v) is 4.08. The van der Waals surface area contributed by atoms with E-state index in [4.69, 9.17) is 10.5 Å². The van der Waals surface area contributed by atoms with E-state index in [1.54, 1.807) is 18.4 Å². The van der Waals surface area contributed by atoms with Crippen LogP contribution in [0.1, 0.15) is 0 Å². The summed E-state index contributed by atoms with van der Waals surface area (Å²) in [5, 5.41) is 2.06. The molecule has 13 heavy (non-hydrogen) atoms. The van der Waals surface area contributed by atoms with Crippen LogP contribution in [-0.2, 0) is 0 Å². The molecule has 0 bridgehead atoms. The van der Waals surface area contributed by atoms with E-state index in [0.717, 1.165) is 25.3 Å². The molecule has 0 amide bonds. The second-order valence-corrected chi connectivity index (χ2v) is 4.46. The van der Waals surface area contributed by atoms with E-state index >= 15 is 0 Å². The van der Waals surface area contributed by atoms with Gasteiger partial charge in [0.05, 0.1) is 16.3 Å². The maximum Gasteiger partial charge on any atom is 0.174 e. The van der Waals surface area contributed by atoms with Crippen molar-refractivity contribution in [2.45, 2.75) is 0 Å². The van der Waals surface area contributed by atoms with Crippen LogP contribution in [0.3, 0.4) is 0 Å². The fraction of sp³-hybridized carbons (Fsp3) is 0.111. The molecule has 0 saturated heterocycles. The number of nitrogen functional groups attached to an aromatic ring is 1. The first kappa shape index (κ1) is 8.84. The number of nitrogens with two attached hydrogens (primary N) is 1. The lowest BCUT2D eigenvalue weighted by Gasteiger charge is -1.97. The van der Waals surface area contributed by atoms with Gasteiger partial charge in [0, 0.05) is 5.69 Å². The average Bonchev–Trinajstić information content (AvgIpc) is 2.55. The summed E-state index contributed by atoms with van der Waals surface area (Å²) in [5.74, 6) is 0. The van der Waals surface area contributed by atoms with Crippen LogP contribution >= 0.6 is 27.3 Å². The van der Waals surface area contributed by atoms with E-state index in [-0.39, 0.29) is 0 Å². The Morgan fingerprint density at radius 3 is 2.92 bits per heavy atom. The highest BCUT2D eigenvalue weighted by Gasteiger charge is 2.06. The molecular weight excluding hydrogens is 250 g/mol. The predicted molar refractivity (Wildman–Crippen MR) is 60.5 cm³/mol. The summed E-state index contributed by atoms with van der Waals surface area (Å²) in [6.45, 7) is 0. The fourth-order valence-corrected chi connectivity index (χ4v) is 2.69. The summed E-state index contributed by atoms with van der Waals surface area (Å²) in [5.41, 5.74) is 6.52. The maximum absolute atomic E-state index is 5.76. The third-order valence-electron chi connectivity index (χ3n) is 1.83. The van der Waals surface area contributed by atoms with Gasteiger partial charge in [-0.05, 0) is 33.4 Å². The zero-order valence-corrected chi connectivity index (χ0v) is 9.41. The largest absolute Gasteiger partial charge is 0.487 e. The summed E-state index contributed by atoms with van der Waals surface area (Å²) in [4.78, 5) is 0. The normalized spacial score (nSPS) is 10.6. The Labute approximate surface area is 88.4 Å². The van der Waals surface area contributed by atoms with Crippen molar-refractivity contribution in [3.63, 3.8) is 0 Å². The van der Waals surface area contributed by atoms with Gasteiger partial charge in [0.1, 0.15) is 0 Å². The quantitative estimate of drug-likeness (QED) is 0.797. The first-order chi connectivity index (χ1) is 6.22. The van der Waals surface area contributed by atoms with Crippen molar-refractivity contribution in [3.8, 4) is 5.06 Å². The van der Waals surface area contributed by atoms with Crippen LogP contribution in [0.25, 0.3) is 10.1 Å². The number of methoxy groups -OCH3 is 1. The van der Waals surface area contributed by atoms with Crippen molar-refractivity contribution in [1.29, 1.82) is 0 Å². The number of halogens is 1. The summed E-state index contributed by atoms with van der Waals surface area (Å²) in [6.07, 6.45) is 0. The van der Waals surface area contributed by atoms with Gasteiger partial charge in [0.2, 0.25) is 0 Å². The van der Waals surface area contributed by atoms with Gasteiger partial charge < -0.3 is 10.5 Å². The summed E-state index contributed by atoms with van der Waals surface area (Å²) in [6, 6.07) is 5.89. The van der Waals surface area contributed by atoms with Crippen LogP contribution in [0, 0.1) is 0 Å². The molecule has 1 aromatic carbocycles. The van der Waals surface area contributed by atoms with Crippen molar-refractivity contribution in [2.24, 2.45) is 0 Å². The Balaban J connectivity index is 2.76. The van der Waals surface area contributed by atoms with Gasteiger partial charge in [-0.1, -0.05) is 17.4 Å². The van der Waals surface area contributed by atoms with Gasteiger partial charge in [-0.3, -0.25) is 0 Å². The SMILES string of the molecule is COc1cc2ccc(N)c(Br)c2s1. The molecule has 0 atom stereocenters. The minimum atomic E-state index is 0.761. The number of anilines is 1. The number of rotatable bonds is 1. The number of fused-ring (bicyclic) bond motifs is 1. The van der Waals surface area contributed by atoms with Crippen molar-refractivity contribution < 1.29 is 4.74 Å². The maximum atomic E-state index is 5.76. The van der Waals surface area contributed by atoms with Gasteiger partial charge in [0.25, 0.3) is 0 Å². The first-order valence-corrected chi connectivity index (χ1v) is 5.35. The summed E-state index contributed by atoms with van der Waals surface area (Å²) < 4.78 is 7.24.